The summed E-state index contributed by atoms with van der Waals surface area (Å²) < 4.78 is 22.7. The Morgan fingerprint density at radius 1 is 1.50 bits per heavy atom. The summed E-state index contributed by atoms with van der Waals surface area (Å²) in [4.78, 5) is 0. The van der Waals surface area contributed by atoms with Gasteiger partial charge in [0.2, 0.25) is 0 Å². The second kappa shape index (κ2) is 3.44. The molecule has 0 radical (unpaired) electrons. The molecule has 0 aromatic heterocycles. The van der Waals surface area contributed by atoms with Crippen molar-refractivity contribution in [3.05, 3.63) is 0 Å². The molecule has 68 valence electrons. The van der Waals surface area contributed by atoms with Crippen molar-refractivity contribution < 1.29 is 8.42 Å². The van der Waals surface area contributed by atoms with Gasteiger partial charge in [-0.25, -0.2) is 8.42 Å². The molecule has 0 spiro atoms. The summed E-state index contributed by atoms with van der Waals surface area (Å²) in [6.07, 6.45) is 1.97. The summed E-state index contributed by atoms with van der Waals surface area (Å²) in [5.74, 6) is 0.173. The summed E-state index contributed by atoms with van der Waals surface area (Å²) >= 11 is 0. The molecule has 12 heavy (non-hydrogen) atoms. The maximum atomic E-state index is 11.4. The molecular weight excluding hydrogens is 174 g/mol. The molecule has 0 amide bonds. The van der Waals surface area contributed by atoms with Gasteiger partial charge in [0, 0.05) is 11.7 Å². The van der Waals surface area contributed by atoms with Crippen LogP contribution in [0.3, 0.4) is 0 Å². The molecule has 0 heterocycles. The molecule has 1 aliphatic rings. The highest BCUT2D eigenvalue weighted by atomic mass is 32.2. The first-order chi connectivity index (χ1) is 5.60. The lowest BCUT2D eigenvalue weighted by molar-refractivity contribution is 0.579. The molecule has 0 aromatic carbocycles. The van der Waals surface area contributed by atoms with Crippen LogP contribution in [0.2, 0.25) is 0 Å². The minimum atomic E-state index is -2.89. The average molecular weight is 187 g/mol. The zero-order valence-electron chi connectivity index (χ0n) is 7.16. The summed E-state index contributed by atoms with van der Waals surface area (Å²) in [6.45, 7) is 1.66. The summed E-state index contributed by atoms with van der Waals surface area (Å²) in [5, 5.41) is 8.33. The predicted molar refractivity (Wildman–Crippen MR) is 46.2 cm³/mol. The summed E-state index contributed by atoms with van der Waals surface area (Å²) in [7, 11) is -2.89. The van der Waals surface area contributed by atoms with Gasteiger partial charge in [-0.15, -0.1) is 0 Å². The number of rotatable bonds is 2. The highest BCUT2D eigenvalue weighted by molar-refractivity contribution is 7.92. The summed E-state index contributed by atoms with van der Waals surface area (Å²) in [6, 6.07) is 2.13. The fourth-order valence-electron chi connectivity index (χ4n) is 1.62. The Morgan fingerprint density at radius 2 is 2.17 bits per heavy atom. The topological polar surface area (TPSA) is 57.9 Å². The lowest BCUT2D eigenvalue weighted by atomic mass is 10.1. The van der Waals surface area contributed by atoms with Crippen LogP contribution in [-0.2, 0) is 9.84 Å². The van der Waals surface area contributed by atoms with Crippen LogP contribution in [0.25, 0.3) is 0 Å². The molecule has 1 saturated carbocycles. The first-order valence-electron chi connectivity index (χ1n) is 4.21. The Labute approximate surface area is 73.3 Å². The van der Waals surface area contributed by atoms with Crippen LogP contribution < -0.4 is 0 Å². The Bertz CT molecular complexity index is 289. The van der Waals surface area contributed by atoms with Gasteiger partial charge in [0.15, 0.2) is 9.84 Å². The van der Waals surface area contributed by atoms with Crippen LogP contribution in [0.15, 0.2) is 0 Å². The van der Waals surface area contributed by atoms with Gasteiger partial charge < -0.3 is 0 Å². The maximum Gasteiger partial charge on any atom is 0.152 e. The van der Waals surface area contributed by atoms with E-state index in [-0.39, 0.29) is 16.9 Å². The smallest absolute Gasteiger partial charge is 0.152 e. The summed E-state index contributed by atoms with van der Waals surface area (Å²) in [5.41, 5.74) is 0. The van der Waals surface area contributed by atoms with Crippen LogP contribution >= 0.6 is 0 Å². The van der Waals surface area contributed by atoms with Crippen LogP contribution in [0.5, 0.6) is 0 Å². The van der Waals surface area contributed by atoms with E-state index >= 15 is 0 Å². The van der Waals surface area contributed by atoms with Crippen molar-refractivity contribution in [3.63, 3.8) is 0 Å². The third-order valence-corrected chi connectivity index (χ3v) is 4.73. The van der Waals surface area contributed by atoms with Crippen molar-refractivity contribution in [3.8, 4) is 6.07 Å². The average Bonchev–Trinajstić information content (AvgIpc) is 2.52. The maximum absolute atomic E-state index is 11.4. The van der Waals surface area contributed by atoms with Gasteiger partial charge in [-0.05, 0) is 19.3 Å². The Morgan fingerprint density at radius 3 is 2.58 bits per heavy atom. The van der Waals surface area contributed by atoms with Crippen molar-refractivity contribution in [1.29, 1.82) is 5.26 Å². The van der Waals surface area contributed by atoms with Gasteiger partial charge >= 0.3 is 0 Å². The Balaban J connectivity index is 2.66. The highest BCUT2D eigenvalue weighted by Gasteiger charge is 2.32. The molecule has 0 saturated heterocycles. The van der Waals surface area contributed by atoms with Crippen molar-refractivity contribution >= 4 is 9.84 Å². The van der Waals surface area contributed by atoms with E-state index in [0.717, 1.165) is 6.42 Å². The first kappa shape index (κ1) is 9.53. The van der Waals surface area contributed by atoms with Gasteiger partial charge in [-0.2, -0.15) is 5.26 Å². The molecule has 3 nitrogen and oxygen atoms in total. The number of hydrogen-bond acceptors (Lipinski definition) is 3. The Kier molecular flexibility index (Phi) is 2.73. The monoisotopic (exact) mass is 187 g/mol. The van der Waals surface area contributed by atoms with E-state index in [0.29, 0.717) is 12.8 Å². The normalized spacial score (nSPS) is 30.0. The van der Waals surface area contributed by atoms with E-state index in [9.17, 15) is 8.42 Å². The van der Waals surface area contributed by atoms with Crippen LogP contribution in [0, 0.1) is 17.2 Å². The molecule has 1 fully saturated rings. The molecule has 0 aliphatic heterocycles. The fourth-order valence-corrected chi connectivity index (χ4v) is 3.11. The third-order valence-electron chi connectivity index (χ3n) is 2.48. The predicted octanol–water partition coefficient (Wildman–Crippen LogP) is 1.11. The molecule has 2 unspecified atom stereocenters. The third kappa shape index (κ3) is 1.78. The fraction of sp³-hybridized carbons (Fsp3) is 0.875. The minimum absolute atomic E-state index is 0.0312. The molecule has 1 aliphatic carbocycles. The zero-order valence-corrected chi connectivity index (χ0v) is 7.97. The lowest BCUT2D eigenvalue weighted by Crippen LogP contribution is -2.19. The SMILES string of the molecule is CCS(=O)(=O)C1CCC(C#N)C1. The lowest BCUT2D eigenvalue weighted by Gasteiger charge is -2.07. The second-order valence-electron chi connectivity index (χ2n) is 3.21. The number of hydrogen-bond donors (Lipinski definition) is 0. The van der Waals surface area contributed by atoms with Gasteiger partial charge in [-0.3, -0.25) is 0 Å². The van der Waals surface area contributed by atoms with Crippen molar-refractivity contribution in [1.82, 2.24) is 0 Å². The number of nitrogens with zero attached hydrogens (tertiary/aromatic N) is 1. The van der Waals surface area contributed by atoms with E-state index < -0.39 is 9.84 Å². The van der Waals surface area contributed by atoms with Crippen molar-refractivity contribution in [2.24, 2.45) is 5.92 Å². The van der Waals surface area contributed by atoms with Gasteiger partial charge in [0.05, 0.1) is 11.3 Å². The molecule has 4 heteroatoms. The number of nitriles is 1. The Hall–Kier alpha value is -0.560. The van der Waals surface area contributed by atoms with E-state index in [2.05, 4.69) is 6.07 Å². The van der Waals surface area contributed by atoms with Gasteiger partial charge in [0.1, 0.15) is 0 Å². The zero-order chi connectivity index (χ0) is 9.19. The van der Waals surface area contributed by atoms with Crippen molar-refractivity contribution in [2.75, 3.05) is 5.75 Å². The van der Waals surface area contributed by atoms with E-state index in [1.54, 1.807) is 6.92 Å². The van der Waals surface area contributed by atoms with Gasteiger partial charge in [0.25, 0.3) is 0 Å². The van der Waals surface area contributed by atoms with Gasteiger partial charge in [-0.1, -0.05) is 6.92 Å². The molecule has 1 rings (SSSR count). The molecular formula is C8H13NO2S. The van der Waals surface area contributed by atoms with Crippen LogP contribution in [0.1, 0.15) is 26.2 Å². The highest BCUT2D eigenvalue weighted by Crippen LogP contribution is 2.29. The second-order valence-corrected chi connectivity index (χ2v) is 5.78. The molecule has 2 atom stereocenters. The molecule has 0 aromatic rings. The van der Waals surface area contributed by atoms with E-state index in [1.165, 1.54) is 0 Å². The van der Waals surface area contributed by atoms with Crippen LogP contribution in [0.4, 0.5) is 0 Å². The van der Waals surface area contributed by atoms with Crippen LogP contribution in [-0.4, -0.2) is 19.4 Å². The quantitative estimate of drug-likeness (QED) is 0.650. The number of sulfone groups is 1. The van der Waals surface area contributed by atoms with E-state index in [4.69, 9.17) is 5.26 Å². The first-order valence-corrected chi connectivity index (χ1v) is 5.93. The molecule has 0 bridgehead atoms. The molecule has 0 N–H and O–H groups in total. The largest absolute Gasteiger partial charge is 0.229 e. The van der Waals surface area contributed by atoms with Crippen molar-refractivity contribution in [2.45, 2.75) is 31.4 Å². The standard InChI is InChI=1S/C8H13NO2S/c1-2-12(10,11)8-4-3-7(5-8)6-9/h7-8H,2-5H2,1H3. The van der Waals surface area contributed by atoms with E-state index in [1.807, 2.05) is 0 Å². The minimum Gasteiger partial charge on any atom is -0.229 e.